The predicted octanol–water partition coefficient (Wildman–Crippen LogP) is 4.10. The van der Waals surface area contributed by atoms with E-state index >= 15 is 0 Å². The fourth-order valence-corrected chi connectivity index (χ4v) is 4.76. The van der Waals surface area contributed by atoms with Crippen LogP contribution >= 0.6 is 11.6 Å². The summed E-state index contributed by atoms with van der Waals surface area (Å²) < 4.78 is 13.0. The third-order valence-corrected chi connectivity index (χ3v) is 6.82. The van der Waals surface area contributed by atoms with Gasteiger partial charge < -0.3 is 24.6 Å². The van der Waals surface area contributed by atoms with Crippen molar-refractivity contribution in [3.63, 3.8) is 0 Å². The number of halogens is 1. The molecule has 0 radical (unpaired) electrons. The highest BCUT2D eigenvalue weighted by Gasteiger charge is 2.20. The van der Waals surface area contributed by atoms with Gasteiger partial charge in [0.05, 0.1) is 37.6 Å². The number of rotatable bonds is 5. The third kappa shape index (κ3) is 4.69. The molecule has 9 nitrogen and oxygen atoms in total. The molecule has 186 valence electrons. The maximum atomic E-state index is 6.07. The Labute approximate surface area is 214 Å². The Bertz CT molecular complexity index is 1360. The predicted molar refractivity (Wildman–Crippen MR) is 143 cm³/mol. The number of aryl methyl sites for hydroxylation is 1. The fraction of sp³-hybridized carbons (Fsp3) is 0.346. The number of benzene rings is 2. The van der Waals surface area contributed by atoms with Gasteiger partial charge in [-0.05, 0) is 36.4 Å². The highest BCUT2D eigenvalue weighted by molar-refractivity contribution is 6.30. The van der Waals surface area contributed by atoms with Crippen molar-refractivity contribution in [3.05, 3.63) is 53.6 Å². The van der Waals surface area contributed by atoms with Crippen LogP contribution in [0.2, 0.25) is 5.02 Å². The van der Waals surface area contributed by atoms with Crippen molar-refractivity contribution in [2.24, 2.45) is 7.05 Å². The zero-order chi connectivity index (χ0) is 24.5. The Kier molecular flexibility index (Phi) is 6.35. The Balaban J connectivity index is 1.39. The highest BCUT2D eigenvalue weighted by atomic mass is 35.5. The summed E-state index contributed by atoms with van der Waals surface area (Å²) in [6, 6.07) is 16.0. The van der Waals surface area contributed by atoms with E-state index in [0.29, 0.717) is 24.2 Å². The van der Waals surface area contributed by atoms with Crippen LogP contribution in [-0.4, -0.2) is 72.4 Å². The number of nitrogens with zero attached hydrogens (tertiary/aromatic N) is 6. The third-order valence-electron chi connectivity index (χ3n) is 6.56. The van der Waals surface area contributed by atoms with Gasteiger partial charge in [0.2, 0.25) is 5.95 Å². The Hall–Kier alpha value is -3.40. The normalized spacial score (nSPS) is 16.5. The molecule has 0 atom stereocenters. The van der Waals surface area contributed by atoms with Crippen LogP contribution in [0.4, 0.5) is 23.3 Å². The molecular weight excluding hydrogens is 478 g/mol. The Morgan fingerprint density at radius 3 is 2.25 bits per heavy atom. The maximum Gasteiger partial charge on any atom is 0.228 e. The Morgan fingerprint density at radius 2 is 1.53 bits per heavy atom. The SMILES string of the molecule is Cn1nc(N2CCOCC2)c2ccc(-c3cc(Nc4ccc(Cl)cc4)nc(N4CCOCC4)n3)cc21. The summed E-state index contributed by atoms with van der Waals surface area (Å²) in [4.78, 5) is 14.2. The lowest BCUT2D eigenvalue weighted by Crippen LogP contribution is -2.37. The van der Waals surface area contributed by atoms with Crippen LogP contribution in [0.25, 0.3) is 22.2 Å². The molecular formula is C26H28ClN7O2. The highest BCUT2D eigenvalue weighted by Crippen LogP contribution is 2.32. The average Bonchev–Trinajstić information content (AvgIpc) is 3.26. The van der Waals surface area contributed by atoms with Crippen molar-refractivity contribution in [2.45, 2.75) is 0 Å². The monoisotopic (exact) mass is 505 g/mol. The lowest BCUT2D eigenvalue weighted by atomic mass is 10.1. The van der Waals surface area contributed by atoms with Gasteiger partial charge in [0.1, 0.15) is 5.82 Å². The number of hydrogen-bond donors (Lipinski definition) is 1. The van der Waals surface area contributed by atoms with E-state index in [1.807, 2.05) is 42.1 Å². The van der Waals surface area contributed by atoms with Gasteiger partial charge >= 0.3 is 0 Å². The molecule has 2 aromatic heterocycles. The molecule has 1 N–H and O–H groups in total. The van der Waals surface area contributed by atoms with Gasteiger partial charge in [-0.15, -0.1) is 0 Å². The number of nitrogens with one attached hydrogen (secondary N) is 1. The molecule has 2 aliphatic heterocycles. The van der Waals surface area contributed by atoms with Crippen molar-refractivity contribution in [3.8, 4) is 11.3 Å². The first kappa shape index (κ1) is 23.0. The Morgan fingerprint density at radius 1 is 0.833 bits per heavy atom. The van der Waals surface area contributed by atoms with Crippen LogP contribution in [0.15, 0.2) is 48.5 Å². The molecule has 0 saturated carbocycles. The average molecular weight is 506 g/mol. The van der Waals surface area contributed by atoms with E-state index < -0.39 is 0 Å². The summed E-state index contributed by atoms with van der Waals surface area (Å²) in [6.45, 7) is 6.00. The van der Waals surface area contributed by atoms with Gasteiger partial charge in [0.25, 0.3) is 0 Å². The van der Waals surface area contributed by atoms with Crippen LogP contribution < -0.4 is 15.1 Å². The molecule has 0 amide bonds. The number of aromatic nitrogens is 4. The molecule has 6 rings (SSSR count). The molecule has 0 unspecified atom stereocenters. The molecule has 2 saturated heterocycles. The van der Waals surface area contributed by atoms with E-state index in [0.717, 1.165) is 78.9 Å². The summed E-state index contributed by atoms with van der Waals surface area (Å²) in [7, 11) is 1.99. The lowest BCUT2D eigenvalue weighted by Gasteiger charge is -2.27. The summed E-state index contributed by atoms with van der Waals surface area (Å²) in [5.74, 6) is 2.42. The van der Waals surface area contributed by atoms with Crippen LogP contribution in [0.5, 0.6) is 0 Å². The standard InChI is InChI=1S/C26H28ClN7O2/c1-32-23-16-18(2-7-21(23)25(31-32)33-8-12-35-13-9-33)22-17-24(28-20-5-3-19(27)4-6-20)30-26(29-22)34-10-14-36-15-11-34/h2-7,16-17H,8-15H2,1H3,(H,28,29,30). The van der Waals surface area contributed by atoms with E-state index in [4.69, 9.17) is 36.1 Å². The molecule has 10 heteroatoms. The molecule has 2 aromatic carbocycles. The van der Waals surface area contributed by atoms with Gasteiger partial charge in [0.15, 0.2) is 5.82 Å². The number of anilines is 4. The lowest BCUT2D eigenvalue weighted by molar-refractivity contribution is 0.122. The summed E-state index contributed by atoms with van der Waals surface area (Å²) in [5, 5.41) is 10.1. The minimum atomic E-state index is 0.666. The van der Waals surface area contributed by atoms with Crippen molar-refractivity contribution < 1.29 is 9.47 Å². The van der Waals surface area contributed by atoms with E-state index in [2.05, 4.69) is 33.3 Å². The van der Waals surface area contributed by atoms with Crippen molar-refractivity contribution in [2.75, 3.05) is 67.7 Å². The minimum Gasteiger partial charge on any atom is -0.378 e. The maximum absolute atomic E-state index is 6.07. The summed E-state index contributed by atoms with van der Waals surface area (Å²) in [5.41, 5.74) is 3.83. The van der Waals surface area contributed by atoms with Gasteiger partial charge in [-0.1, -0.05) is 17.7 Å². The van der Waals surface area contributed by atoms with E-state index in [1.165, 1.54) is 0 Å². The molecule has 36 heavy (non-hydrogen) atoms. The first-order valence-electron chi connectivity index (χ1n) is 12.2. The first-order chi connectivity index (χ1) is 17.6. The van der Waals surface area contributed by atoms with Gasteiger partial charge in [0, 0.05) is 61.0 Å². The minimum absolute atomic E-state index is 0.666. The van der Waals surface area contributed by atoms with Gasteiger partial charge in [-0.2, -0.15) is 10.1 Å². The zero-order valence-corrected chi connectivity index (χ0v) is 20.9. The topological polar surface area (TPSA) is 80.6 Å². The quantitative estimate of drug-likeness (QED) is 0.434. The second-order valence-electron chi connectivity index (χ2n) is 8.95. The molecule has 2 fully saturated rings. The number of hydrogen-bond acceptors (Lipinski definition) is 8. The number of ether oxygens (including phenoxy) is 2. The molecule has 0 aliphatic carbocycles. The second kappa shape index (κ2) is 9.93. The van der Waals surface area contributed by atoms with E-state index in [9.17, 15) is 0 Å². The van der Waals surface area contributed by atoms with Crippen molar-refractivity contribution in [1.82, 2.24) is 19.7 Å². The molecule has 4 aromatic rings. The summed E-state index contributed by atoms with van der Waals surface area (Å²) >= 11 is 6.07. The molecule has 0 spiro atoms. The summed E-state index contributed by atoms with van der Waals surface area (Å²) in [6.07, 6.45) is 0. The first-order valence-corrected chi connectivity index (χ1v) is 12.6. The van der Waals surface area contributed by atoms with Gasteiger partial charge in [-0.3, -0.25) is 4.68 Å². The van der Waals surface area contributed by atoms with Crippen LogP contribution in [0.1, 0.15) is 0 Å². The zero-order valence-electron chi connectivity index (χ0n) is 20.2. The second-order valence-corrected chi connectivity index (χ2v) is 9.38. The largest absolute Gasteiger partial charge is 0.378 e. The van der Waals surface area contributed by atoms with Crippen molar-refractivity contribution >= 4 is 45.8 Å². The van der Waals surface area contributed by atoms with Crippen LogP contribution in [-0.2, 0) is 16.5 Å². The van der Waals surface area contributed by atoms with Crippen molar-refractivity contribution in [1.29, 1.82) is 0 Å². The number of fused-ring (bicyclic) bond motifs is 1. The van der Waals surface area contributed by atoms with Crippen LogP contribution in [0.3, 0.4) is 0 Å². The molecule has 4 heterocycles. The molecule has 0 bridgehead atoms. The fourth-order valence-electron chi connectivity index (χ4n) is 4.64. The van der Waals surface area contributed by atoms with E-state index in [-0.39, 0.29) is 0 Å². The molecule has 2 aliphatic rings. The van der Waals surface area contributed by atoms with Gasteiger partial charge in [-0.25, -0.2) is 4.98 Å². The number of morpholine rings is 2. The van der Waals surface area contributed by atoms with E-state index in [1.54, 1.807) is 0 Å². The van der Waals surface area contributed by atoms with Crippen LogP contribution in [0, 0.1) is 0 Å². The smallest absolute Gasteiger partial charge is 0.228 e.